The van der Waals surface area contributed by atoms with Crippen LogP contribution in [0.4, 0.5) is 0 Å². The number of benzene rings is 1. The van der Waals surface area contributed by atoms with Crippen molar-refractivity contribution in [3.63, 3.8) is 0 Å². The van der Waals surface area contributed by atoms with Gasteiger partial charge in [-0.15, -0.1) is 0 Å². The van der Waals surface area contributed by atoms with Gasteiger partial charge in [0.05, 0.1) is 12.7 Å². The van der Waals surface area contributed by atoms with Gasteiger partial charge in [-0.25, -0.2) is 0 Å². The number of primary amides is 1. The molecule has 6 nitrogen and oxygen atoms in total. The number of hydrogen-bond donors (Lipinski definition) is 2. The van der Waals surface area contributed by atoms with Crippen molar-refractivity contribution >= 4 is 11.8 Å². The molecule has 1 rings (SSSR count). The molecule has 0 radical (unpaired) electrons. The van der Waals surface area contributed by atoms with Crippen molar-refractivity contribution < 1.29 is 14.3 Å². The van der Waals surface area contributed by atoms with Gasteiger partial charge in [0, 0.05) is 5.92 Å². The molecule has 0 unspecified atom stereocenters. The first-order valence-electron chi connectivity index (χ1n) is 6.63. The number of rotatable bonds is 8. The Hall–Kier alpha value is -2.39. The molecule has 0 aliphatic rings. The summed E-state index contributed by atoms with van der Waals surface area (Å²) in [6.07, 6.45) is 0.191. The number of nitrogens with one attached hydrogen (secondary N) is 1. The van der Waals surface area contributed by atoms with Gasteiger partial charge in [0.2, 0.25) is 11.8 Å². The third-order valence-corrected chi connectivity index (χ3v) is 2.83. The predicted octanol–water partition coefficient (Wildman–Crippen LogP) is 0.723. The highest BCUT2D eigenvalue weighted by Gasteiger charge is 2.20. The molecule has 0 heterocycles. The number of carbonyl (C=O) groups excluding carboxylic acids is 2. The lowest BCUT2D eigenvalue weighted by Gasteiger charge is -2.16. The molecule has 112 valence electrons. The molecule has 0 aromatic heterocycles. The Morgan fingerprint density at radius 1 is 1.38 bits per heavy atom. The number of nitriles is 1. The summed E-state index contributed by atoms with van der Waals surface area (Å²) in [7, 11) is 0. The monoisotopic (exact) mass is 289 g/mol. The zero-order valence-electron chi connectivity index (χ0n) is 11.9. The van der Waals surface area contributed by atoms with E-state index in [1.165, 1.54) is 0 Å². The Morgan fingerprint density at radius 3 is 2.62 bits per heavy atom. The molecule has 0 fully saturated rings. The number of hydrogen-bond acceptors (Lipinski definition) is 4. The second-order valence-corrected chi connectivity index (χ2v) is 4.77. The molecule has 6 heteroatoms. The van der Waals surface area contributed by atoms with Crippen molar-refractivity contribution in [2.45, 2.75) is 26.0 Å². The average molecular weight is 289 g/mol. The summed E-state index contributed by atoms with van der Waals surface area (Å²) in [5, 5.41) is 11.2. The molecule has 0 aliphatic heterocycles. The van der Waals surface area contributed by atoms with Crippen molar-refractivity contribution in [3.8, 4) is 6.07 Å². The van der Waals surface area contributed by atoms with E-state index in [1.807, 2.05) is 36.4 Å². The summed E-state index contributed by atoms with van der Waals surface area (Å²) in [5.74, 6) is -1.46. The predicted molar refractivity (Wildman–Crippen MR) is 76.6 cm³/mol. The van der Waals surface area contributed by atoms with Crippen LogP contribution in [-0.2, 0) is 20.9 Å². The van der Waals surface area contributed by atoms with Crippen LogP contribution >= 0.6 is 0 Å². The van der Waals surface area contributed by atoms with E-state index < -0.39 is 17.9 Å². The minimum atomic E-state index is -0.854. The molecule has 0 aliphatic carbocycles. The van der Waals surface area contributed by atoms with E-state index in [-0.39, 0.29) is 18.9 Å². The lowest BCUT2D eigenvalue weighted by atomic mass is 10.0. The maximum atomic E-state index is 11.7. The molecule has 3 N–H and O–H groups in total. The molecular formula is C15H19N3O3. The van der Waals surface area contributed by atoms with E-state index in [0.717, 1.165) is 5.56 Å². The van der Waals surface area contributed by atoms with E-state index >= 15 is 0 Å². The van der Waals surface area contributed by atoms with Crippen molar-refractivity contribution in [1.29, 1.82) is 5.26 Å². The summed E-state index contributed by atoms with van der Waals surface area (Å²) >= 11 is 0. The molecule has 1 aromatic rings. The lowest BCUT2D eigenvalue weighted by Crippen LogP contribution is -2.46. The maximum Gasteiger partial charge on any atom is 0.246 e. The first-order valence-corrected chi connectivity index (χ1v) is 6.63. The van der Waals surface area contributed by atoms with Gasteiger partial charge in [-0.3, -0.25) is 9.59 Å². The lowest BCUT2D eigenvalue weighted by molar-refractivity contribution is -0.130. The van der Waals surface area contributed by atoms with Crippen LogP contribution in [0.25, 0.3) is 0 Å². The smallest absolute Gasteiger partial charge is 0.246 e. The van der Waals surface area contributed by atoms with Gasteiger partial charge in [0.1, 0.15) is 12.6 Å². The van der Waals surface area contributed by atoms with Gasteiger partial charge in [-0.1, -0.05) is 30.3 Å². The van der Waals surface area contributed by atoms with E-state index in [0.29, 0.717) is 6.61 Å². The zero-order valence-corrected chi connectivity index (χ0v) is 11.9. The third-order valence-electron chi connectivity index (χ3n) is 2.83. The standard InChI is InChI=1S/C15H19N3O3/c1-11(8-16)7-13(15(17)20)18-14(19)10-21-9-12-5-3-2-4-6-12/h2-6,11,13H,7,9-10H2,1H3,(H2,17,20)(H,18,19)/t11-,13-/m1/s1. The van der Waals surface area contributed by atoms with Gasteiger partial charge < -0.3 is 15.8 Å². The minimum Gasteiger partial charge on any atom is -0.368 e. The summed E-state index contributed by atoms with van der Waals surface area (Å²) in [6, 6.07) is 10.6. The molecule has 0 saturated carbocycles. The first kappa shape index (κ1) is 16.7. The average Bonchev–Trinajstić information content (AvgIpc) is 2.47. The summed E-state index contributed by atoms with van der Waals surface area (Å²) < 4.78 is 5.26. The minimum absolute atomic E-state index is 0.167. The Kier molecular flexibility index (Phi) is 6.92. The highest BCUT2D eigenvalue weighted by Crippen LogP contribution is 2.05. The fraction of sp³-hybridized carbons (Fsp3) is 0.400. The Morgan fingerprint density at radius 2 is 2.05 bits per heavy atom. The molecule has 0 saturated heterocycles. The van der Waals surface area contributed by atoms with Crippen molar-refractivity contribution in [3.05, 3.63) is 35.9 Å². The van der Waals surface area contributed by atoms with Crippen LogP contribution in [0, 0.1) is 17.2 Å². The number of amides is 2. The molecule has 2 atom stereocenters. The molecule has 1 aromatic carbocycles. The van der Waals surface area contributed by atoms with Crippen LogP contribution < -0.4 is 11.1 Å². The van der Waals surface area contributed by atoms with Crippen LogP contribution in [0.5, 0.6) is 0 Å². The van der Waals surface area contributed by atoms with Gasteiger partial charge in [-0.05, 0) is 18.9 Å². The van der Waals surface area contributed by atoms with Gasteiger partial charge >= 0.3 is 0 Å². The fourth-order valence-corrected chi connectivity index (χ4v) is 1.72. The van der Waals surface area contributed by atoms with Crippen LogP contribution in [0.15, 0.2) is 30.3 Å². The maximum absolute atomic E-state index is 11.7. The fourth-order valence-electron chi connectivity index (χ4n) is 1.72. The molecule has 21 heavy (non-hydrogen) atoms. The van der Waals surface area contributed by atoms with Crippen molar-refractivity contribution in [2.75, 3.05) is 6.61 Å². The normalized spacial score (nSPS) is 13.0. The first-order chi connectivity index (χ1) is 10.0. The second kappa shape index (κ2) is 8.72. The van der Waals surface area contributed by atoms with Crippen LogP contribution in [0.2, 0.25) is 0 Å². The largest absolute Gasteiger partial charge is 0.368 e. The highest BCUT2D eigenvalue weighted by atomic mass is 16.5. The molecule has 2 amide bonds. The Bertz CT molecular complexity index is 511. The topological polar surface area (TPSA) is 105 Å². The van der Waals surface area contributed by atoms with Gasteiger partial charge in [-0.2, -0.15) is 5.26 Å². The number of carbonyl (C=O) groups is 2. The van der Waals surface area contributed by atoms with E-state index in [4.69, 9.17) is 15.7 Å². The number of nitrogens with two attached hydrogens (primary N) is 1. The summed E-state index contributed by atoms with van der Waals surface area (Å²) in [6.45, 7) is 1.80. The SMILES string of the molecule is C[C@@H](C#N)C[C@@H](NC(=O)COCc1ccccc1)C(N)=O. The third kappa shape index (κ3) is 6.54. The van der Waals surface area contributed by atoms with Crippen LogP contribution in [0.3, 0.4) is 0 Å². The Balaban J connectivity index is 2.37. The Labute approximate surface area is 123 Å². The van der Waals surface area contributed by atoms with Gasteiger partial charge in [0.25, 0.3) is 0 Å². The molecule has 0 spiro atoms. The quantitative estimate of drug-likeness (QED) is 0.735. The van der Waals surface area contributed by atoms with E-state index in [1.54, 1.807) is 6.92 Å². The van der Waals surface area contributed by atoms with Crippen molar-refractivity contribution in [2.24, 2.45) is 11.7 Å². The van der Waals surface area contributed by atoms with E-state index in [9.17, 15) is 9.59 Å². The highest BCUT2D eigenvalue weighted by molar-refractivity contribution is 5.87. The molecule has 0 bridgehead atoms. The second-order valence-electron chi connectivity index (χ2n) is 4.77. The molecular weight excluding hydrogens is 270 g/mol. The summed E-state index contributed by atoms with van der Waals surface area (Å²) in [5.41, 5.74) is 6.16. The van der Waals surface area contributed by atoms with Crippen LogP contribution in [-0.4, -0.2) is 24.5 Å². The number of nitrogens with zero attached hydrogens (tertiary/aromatic N) is 1. The van der Waals surface area contributed by atoms with E-state index in [2.05, 4.69) is 5.32 Å². The summed E-state index contributed by atoms with van der Waals surface area (Å²) in [4.78, 5) is 22.9. The van der Waals surface area contributed by atoms with Crippen molar-refractivity contribution in [1.82, 2.24) is 5.32 Å². The zero-order chi connectivity index (χ0) is 15.7. The number of ether oxygens (including phenoxy) is 1. The van der Waals surface area contributed by atoms with Gasteiger partial charge in [0.15, 0.2) is 0 Å². The van der Waals surface area contributed by atoms with Crippen LogP contribution in [0.1, 0.15) is 18.9 Å².